The van der Waals surface area contributed by atoms with Crippen LogP contribution in [0.25, 0.3) is 0 Å². The number of hydrogen-bond donors (Lipinski definition) is 1. The van der Waals surface area contributed by atoms with E-state index in [0.29, 0.717) is 16.9 Å². The Balaban J connectivity index is 2.13. The van der Waals surface area contributed by atoms with Gasteiger partial charge in [0.15, 0.2) is 0 Å². The summed E-state index contributed by atoms with van der Waals surface area (Å²) in [6.07, 6.45) is 3.80. The molecule has 2 nitrogen and oxygen atoms in total. The normalized spacial score (nSPS) is 40.4. The van der Waals surface area contributed by atoms with Crippen LogP contribution in [0, 0.1) is 22.7 Å². The Labute approximate surface area is 99.2 Å². The predicted octanol–water partition coefficient (Wildman–Crippen LogP) is 2.97. The van der Waals surface area contributed by atoms with E-state index < -0.39 is 0 Å². The first-order valence-corrected chi connectivity index (χ1v) is 6.59. The smallest absolute Gasteiger partial charge is 0.222 e. The molecule has 0 saturated heterocycles. The fourth-order valence-corrected chi connectivity index (χ4v) is 3.76. The zero-order valence-electron chi connectivity index (χ0n) is 11.3. The highest BCUT2D eigenvalue weighted by atomic mass is 16.1. The summed E-state index contributed by atoms with van der Waals surface area (Å²) in [6, 6.07) is 0.399. The summed E-state index contributed by atoms with van der Waals surface area (Å²) in [5.41, 5.74) is 0.699. The summed E-state index contributed by atoms with van der Waals surface area (Å²) in [5.74, 6) is 1.12. The molecule has 3 atom stereocenters. The highest BCUT2D eigenvalue weighted by Crippen LogP contribution is 2.65. The Morgan fingerprint density at radius 1 is 1.31 bits per heavy atom. The molecule has 0 aliphatic heterocycles. The van der Waals surface area contributed by atoms with Crippen LogP contribution in [0.2, 0.25) is 0 Å². The standard InChI is InChI=1S/C14H25NO/c1-9(2)12(16)15-11-8-10-6-7-14(11,5)13(10,3)4/h9-11H,6-8H2,1-5H3,(H,15,16)/t10-,11+,14-/m0/s1. The maximum absolute atomic E-state index is 11.8. The van der Waals surface area contributed by atoms with E-state index in [2.05, 4.69) is 26.1 Å². The first-order valence-electron chi connectivity index (χ1n) is 6.59. The molecule has 16 heavy (non-hydrogen) atoms. The molecule has 0 unspecified atom stereocenters. The number of carbonyl (C=O) groups excluding carboxylic acids is 1. The SMILES string of the molecule is CC(C)C(=O)N[C@@H]1C[C@@H]2CC[C@]1(C)C2(C)C. The van der Waals surface area contributed by atoms with E-state index in [9.17, 15) is 4.79 Å². The lowest BCUT2D eigenvalue weighted by atomic mass is 9.69. The molecule has 0 aromatic rings. The summed E-state index contributed by atoms with van der Waals surface area (Å²) >= 11 is 0. The van der Waals surface area contributed by atoms with Crippen molar-refractivity contribution >= 4 is 5.91 Å². The molecule has 1 N–H and O–H groups in total. The monoisotopic (exact) mass is 223 g/mol. The van der Waals surface area contributed by atoms with Crippen molar-refractivity contribution in [2.75, 3.05) is 0 Å². The van der Waals surface area contributed by atoms with Gasteiger partial charge in [0.05, 0.1) is 0 Å². The van der Waals surface area contributed by atoms with E-state index >= 15 is 0 Å². The third-order valence-corrected chi connectivity index (χ3v) is 5.63. The van der Waals surface area contributed by atoms with E-state index in [1.165, 1.54) is 19.3 Å². The minimum Gasteiger partial charge on any atom is -0.353 e. The Morgan fingerprint density at radius 2 is 1.94 bits per heavy atom. The van der Waals surface area contributed by atoms with Crippen molar-refractivity contribution in [3.05, 3.63) is 0 Å². The topological polar surface area (TPSA) is 29.1 Å². The van der Waals surface area contributed by atoms with Crippen molar-refractivity contribution < 1.29 is 4.79 Å². The fraction of sp³-hybridized carbons (Fsp3) is 0.929. The van der Waals surface area contributed by atoms with Crippen LogP contribution in [-0.2, 0) is 4.79 Å². The van der Waals surface area contributed by atoms with Crippen LogP contribution in [0.15, 0.2) is 0 Å². The average Bonchev–Trinajstić information content (AvgIpc) is 2.50. The molecule has 2 aliphatic carbocycles. The Morgan fingerprint density at radius 3 is 2.31 bits per heavy atom. The summed E-state index contributed by atoms with van der Waals surface area (Å²) < 4.78 is 0. The lowest BCUT2D eigenvalue weighted by molar-refractivity contribution is -0.125. The second kappa shape index (κ2) is 3.48. The van der Waals surface area contributed by atoms with Crippen LogP contribution < -0.4 is 5.32 Å². The molecule has 2 bridgehead atoms. The molecule has 0 spiro atoms. The Kier molecular flexibility index (Phi) is 2.60. The van der Waals surface area contributed by atoms with Crippen molar-refractivity contribution in [1.82, 2.24) is 5.32 Å². The zero-order valence-corrected chi connectivity index (χ0v) is 11.3. The maximum atomic E-state index is 11.8. The third-order valence-electron chi connectivity index (χ3n) is 5.63. The second-order valence-corrected chi connectivity index (χ2v) is 6.83. The van der Waals surface area contributed by atoms with Crippen LogP contribution in [0.4, 0.5) is 0 Å². The number of amides is 1. The zero-order chi connectivity index (χ0) is 12.1. The minimum absolute atomic E-state index is 0.103. The molecule has 1 amide bonds. The number of nitrogens with one attached hydrogen (secondary N) is 1. The highest BCUT2D eigenvalue weighted by Gasteiger charge is 2.61. The highest BCUT2D eigenvalue weighted by molar-refractivity contribution is 5.78. The van der Waals surface area contributed by atoms with E-state index in [0.717, 1.165) is 5.92 Å². The summed E-state index contributed by atoms with van der Waals surface area (Å²) in [4.78, 5) is 11.8. The molecule has 2 heteroatoms. The van der Waals surface area contributed by atoms with E-state index in [-0.39, 0.29) is 11.8 Å². The van der Waals surface area contributed by atoms with Gasteiger partial charge >= 0.3 is 0 Å². The molecule has 2 aliphatic rings. The predicted molar refractivity (Wildman–Crippen MR) is 66.0 cm³/mol. The number of rotatable bonds is 2. The van der Waals surface area contributed by atoms with Gasteiger partial charge in [0.1, 0.15) is 0 Å². The van der Waals surface area contributed by atoms with Gasteiger partial charge in [0.2, 0.25) is 5.91 Å². The molecule has 2 fully saturated rings. The van der Waals surface area contributed by atoms with Crippen molar-refractivity contribution in [2.24, 2.45) is 22.7 Å². The van der Waals surface area contributed by atoms with E-state index in [4.69, 9.17) is 0 Å². The molecule has 92 valence electrons. The maximum Gasteiger partial charge on any atom is 0.222 e. The van der Waals surface area contributed by atoms with Gasteiger partial charge in [0, 0.05) is 12.0 Å². The molecule has 2 rings (SSSR count). The van der Waals surface area contributed by atoms with E-state index in [1.54, 1.807) is 0 Å². The molecule has 2 saturated carbocycles. The molecule has 0 heterocycles. The first kappa shape index (κ1) is 11.9. The van der Waals surface area contributed by atoms with Gasteiger partial charge in [-0.05, 0) is 36.0 Å². The van der Waals surface area contributed by atoms with Gasteiger partial charge in [-0.1, -0.05) is 34.6 Å². The molecule has 0 aromatic carbocycles. The fourth-order valence-electron chi connectivity index (χ4n) is 3.76. The van der Waals surface area contributed by atoms with Gasteiger partial charge in [-0.15, -0.1) is 0 Å². The quantitative estimate of drug-likeness (QED) is 0.766. The average molecular weight is 223 g/mol. The van der Waals surface area contributed by atoms with Gasteiger partial charge in [0.25, 0.3) is 0 Å². The van der Waals surface area contributed by atoms with Crippen molar-refractivity contribution in [1.29, 1.82) is 0 Å². The molecule has 0 aromatic heterocycles. The lowest BCUT2D eigenvalue weighted by Gasteiger charge is -2.39. The van der Waals surface area contributed by atoms with Crippen LogP contribution >= 0.6 is 0 Å². The molecular formula is C14H25NO. The van der Waals surface area contributed by atoms with Crippen molar-refractivity contribution in [2.45, 2.75) is 59.9 Å². The Hall–Kier alpha value is -0.530. The van der Waals surface area contributed by atoms with Crippen molar-refractivity contribution in [3.8, 4) is 0 Å². The first-order chi connectivity index (χ1) is 7.29. The van der Waals surface area contributed by atoms with Crippen molar-refractivity contribution in [3.63, 3.8) is 0 Å². The van der Waals surface area contributed by atoms with Crippen LogP contribution in [0.1, 0.15) is 53.9 Å². The third kappa shape index (κ3) is 1.42. The second-order valence-electron chi connectivity index (χ2n) is 6.83. The number of carbonyl (C=O) groups is 1. The number of hydrogen-bond acceptors (Lipinski definition) is 1. The summed E-state index contributed by atoms with van der Waals surface area (Å²) in [7, 11) is 0. The van der Waals surface area contributed by atoms with Crippen LogP contribution in [0.3, 0.4) is 0 Å². The summed E-state index contributed by atoms with van der Waals surface area (Å²) in [6.45, 7) is 11.1. The summed E-state index contributed by atoms with van der Waals surface area (Å²) in [5, 5.41) is 3.27. The van der Waals surface area contributed by atoms with Crippen LogP contribution in [-0.4, -0.2) is 11.9 Å². The lowest BCUT2D eigenvalue weighted by Crippen LogP contribution is -2.48. The largest absolute Gasteiger partial charge is 0.353 e. The van der Waals surface area contributed by atoms with E-state index in [1.807, 2.05) is 13.8 Å². The molecule has 0 radical (unpaired) electrons. The van der Waals surface area contributed by atoms with Gasteiger partial charge in [-0.3, -0.25) is 4.79 Å². The minimum atomic E-state index is 0.103. The number of fused-ring (bicyclic) bond motifs is 2. The Bertz CT molecular complexity index is 308. The molecular weight excluding hydrogens is 198 g/mol. The van der Waals surface area contributed by atoms with Gasteiger partial charge < -0.3 is 5.32 Å². The van der Waals surface area contributed by atoms with Gasteiger partial charge in [-0.25, -0.2) is 0 Å². The van der Waals surface area contributed by atoms with Gasteiger partial charge in [-0.2, -0.15) is 0 Å². The van der Waals surface area contributed by atoms with Crippen LogP contribution in [0.5, 0.6) is 0 Å².